The molecular formula is C25H25BrN2O2. The van der Waals surface area contributed by atoms with E-state index in [0.29, 0.717) is 18.8 Å². The molecule has 4 rings (SSSR count). The fraction of sp³-hybridized carbons (Fsp3) is 0.240. The summed E-state index contributed by atoms with van der Waals surface area (Å²) in [5.74, 6) is 0.743. The lowest BCUT2D eigenvalue weighted by Crippen LogP contribution is -2.51. The number of rotatable bonds is 6. The minimum Gasteiger partial charge on any atom is -0.484 e. The lowest BCUT2D eigenvalue weighted by Gasteiger charge is -2.39. The molecule has 1 amide bonds. The van der Waals surface area contributed by atoms with E-state index < -0.39 is 0 Å². The van der Waals surface area contributed by atoms with Gasteiger partial charge in [0.15, 0.2) is 6.61 Å². The Hall–Kier alpha value is -2.63. The molecule has 1 aliphatic rings. The van der Waals surface area contributed by atoms with Gasteiger partial charge in [-0.25, -0.2) is 0 Å². The second-order valence-electron chi connectivity index (χ2n) is 7.38. The Morgan fingerprint density at radius 3 is 1.87 bits per heavy atom. The van der Waals surface area contributed by atoms with Crippen molar-refractivity contribution in [3.05, 3.63) is 101 Å². The van der Waals surface area contributed by atoms with Crippen molar-refractivity contribution in [1.82, 2.24) is 9.80 Å². The van der Waals surface area contributed by atoms with Crippen molar-refractivity contribution >= 4 is 21.8 Å². The van der Waals surface area contributed by atoms with E-state index in [4.69, 9.17) is 4.74 Å². The van der Waals surface area contributed by atoms with Gasteiger partial charge >= 0.3 is 0 Å². The van der Waals surface area contributed by atoms with Gasteiger partial charge in [0.1, 0.15) is 5.75 Å². The van der Waals surface area contributed by atoms with Gasteiger partial charge in [-0.1, -0.05) is 76.6 Å². The van der Waals surface area contributed by atoms with Crippen molar-refractivity contribution in [2.75, 3.05) is 32.8 Å². The first-order valence-electron chi connectivity index (χ1n) is 10.2. The molecule has 0 aliphatic carbocycles. The first kappa shape index (κ1) is 20.6. The van der Waals surface area contributed by atoms with Crippen LogP contribution in [0.25, 0.3) is 0 Å². The summed E-state index contributed by atoms with van der Waals surface area (Å²) in [6.07, 6.45) is 0. The lowest BCUT2D eigenvalue weighted by molar-refractivity contribution is -0.135. The van der Waals surface area contributed by atoms with Crippen LogP contribution in [0.4, 0.5) is 0 Å². The van der Waals surface area contributed by atoms with E-state index in [1.54, 1.807) is 0 Å². The zero-order valence-electron chi connectivity index (χ0n) is 16.8. The van der Waals surface area contributed by atoms with Crippen LogP contribution in [0.15, 0.2) is 89.4 Å². The number of hydrogen-bond acceptors (Lipinski definition) is 3. The van der Waals surface area contributed by atoms with Gasteiger partial charge in [0.05, 0.1) is 6.04 Å². The molecule has 0 spiro atoms. The zero-order valence-corrected chi connectivity index (χ0v) is 18.4. The maximum absolute atomic E-state index is 12.6. The minimum atomic E-state index is 0.0357. The molecule has 0 atom stereocenters. The standard InChI is InChI=1S/C25H25BrN2O2/c26-22-11-13-23(14-12-22)30-19-24(29)27-15-17-28(18-16-27)25(20-7-3-1-4-8-20)21-9-5-2-6-10-21/h1-14,25H,15-19H2. The van der Waals surface area contributed by atoms with Crippen molar-refractivity contribution in [1.29, 1.82) is 0 Å². The highest BCUT2D eigenvalue weighted by Crippen LogP contribution is 2.29. The van der Waals surface area contributed by atoms with Crippen molar-refractivity contribution in [3.63, 3.8) is 0 Å². The molecule has 1 fully saturated rings. The number of ether oxygens (including phenoxy) is 1. The van der Waals surface area contributed by atoms with E-state index in [0.717, 1.165) is 17.6 Å². The van der Waals surface area contributed by atoms with Crippen LogP contribution in [0, 0.1) is 0 Å². The average molecular weight is 465 g/mol. The molecule has 1 saturated heterocycles. The molecule has 1 aliphatic heterocycles. The summed E-state index contributed by atoms with van der Waals surface area (Å²) < 4.78 is 6.65. The number of benzene rings is 3. The summed E-state index contributed by atoms with van der Waals surface area (Å²) in [7, 11) is 0. The predicted octanol–water partition coefficient (Wildman–Crippen LogP) is 4.76. The maximum Gasteiger partial charge on any atom is 0.260 e. The van der Waals surface area contributed by atoms with Crippen molar-refractivity contribution in [2.24, 2.45) is 0 Å². The smallest absolute Gasteiger partial charge is 0.260 e. The van der Waals surface area contributed by atoms with Gasteiger partial charge in [0.2, 0.25) is 0 Å². The van der Waals surface area contributed by atoms with Crippen LogP contribution in [0.2, 0.25) is 0 Å². The second-order valence-corrected chi connectivity index (χ2v) is 8.30. The van der Waals surface area contributed by atoms with Gasteiger partial charge in [-0.2, -0.15) is 0 Å². The third kappa shape index (κ3) is 5.10. The maximum atomic E-state index is 12.6. The number of piperazine rings is 1. The summed E-state index contributed by atoms with van der Waals surface area (Å²) in [6, 6.07) is 28.9. The molecule has 0 bridgehead atoms. The molecular weight excluding hydrogens is 440 g/mol. The van der Waals surface area contributed by atoms with Crippen LogP contribution < -0.4 is 4.74 Å². The van der Waals surface area contributed by atoms with Gasteiger partial charge in [0.25, 0.3) is 5.91 Å². The number of hydrogen-bond donors (Lipinski definition) is 0. The summed E-state index contributed by atoms with van der Waals surface area (Å²) in [5, 5.41) is 0. The lowest BCUT2D eigenvalue weighted by atomic mass is 9.96. The third-order valence-electron chi connectivity index (χ3n) is 5.44. The summed E-state index contributed by atoms with van der Waals surface area (Å²) >= 11 is 3.40. The van der Waals surface area contributed by atoms with E-state index in [2.05, 4.69) is 69.4 Å². The Kier molecular flexibility index (Phi) is 6.82. The molecule has 3 aromatic carbocycles. The molecule has 0 radical (unpaired) electrons. The third-order valence-corrected chi connectivity index (χ3v) is 5.97. The van der Waals surface area contributed by atoms with Gasteiger partial charge in [-0.05, 0) is 35.4 Å². The number of carbonyl (C=O) groups excluding carboxylic acids is 1. The minimum absolute atomic E-state index is 0.0357. The van der Waals surface area contributed by atoms with Gasteiger partial charge in [0, 0.05) is 30.7 Å². The molecule has 3 aromatic rings. The number of nitrogens with zero attached hydrogens (tertiary/aromatic N) is 2. The molecule has 0 N–H and O–H groups in total. The molecule has 30 heavy (non-hydrogen) atoms. The summed E-state index contributed by atoms with van der Waals surface area (Å²) in [6.45, 7) is 3.15. The Morgan fingerprint density at radius 2 is 1.33 bits per heavy atom. The molecule has 154 valence electrons. The molecule has 0 saturated carbocycles. The molecule has 0 aromatic heterocycles. The van der Waals surface area contributed by atoms with Gasteiger partial charge in [-0.3, -0.25) is 9.69 Å². The summed E-state index contributed by atoms with van der Waals surface area (Å²) in [5.41, 5.74) is 2.56. The predicted molar refractivity (Wildman–Crippen MR) is 123 cm³/mol. The summed E-state index contributed by atoms with van der Waals surface area (Å²) in [4.78, 5) is 17.0. The largest absolute Gasteiger partial charge is 0.484 e. The zero-order chi connectivity index (χ0) is 20.8. The van der Waals surface area contributed by atoms with E-state index in [9.17, 15) is 4.79 Å². The van der Waals surface area contributed by atoms with E-state index >= 15 is 0 Å². The number of amides is 1. The topological polar surface area (TPSA) is 32.8 Å². The molecule has 5 heteroatoms. The fourth-order valence-electron chi connectivity index (χ4n) is 3.88. The Bertz CT molecular complexity index is 900. The quantitative estimate of drug-likeness (QED) is 0.526. The normalized spacial score (nSPS) is 14.7. The Balaban J connectivity index is 1.38. The van der Waals surface area contributed by atoms with Crippen molar-refractivity contribution in [2.45, 2.75) is 6.04 Å². The number of carbonyl (C=O) groups is 1. The highest BCUT2D eigenvalue weighted by molar-refractivity contribution is 9.10. The second kappa shape index (κ2) is 9.92. The van der Waals surface area contributed by atoms with Crippen molar-refractivity contribution in [3.8, 4) is 5.75 Å². The van der Waals surface area contributed by atoms with E-state index in [1.165, 1.54) is 11.1 Å². The average Bonchev–Trinajstić information content (AvgIpc) is 2.81. The van der Waals surface area contributed by atoms with Gasteiger partial charge < -0.3 is 9.64 Å². The van der Waals surface area contributed by atoms with Crippen LogP contribution >= 0.6 is 15.9 Å². The van der Waals surface area contributed by atoms with Gasteiger partial charge in [-0.15, -0.1) is 0 Å². The van der Waals surface area contributed by atoms with Crippen molar-refractivity contribution < 1.29 is 9.53 Å². The fourth-order valence-corrected chi connectivity index (χ4v) is 4.15. The molecule has 1 heterocycles. The molecule has 4 nitrogen and oxygen atoms in total. The van der Waals surface area contributed by atoms with E-state index in [-0.39, 0.29) is 18.6 Å². The van der Waals surface area contributed by atoms with Crippen LogP contribution in [-0.2, 0) is 4.79 Å². The highest BCUT2D eigenvalue weighted by atomic mass is 79.9. The highest BCUT2D eigenvalue weighted by Gasteiger charge is 2.28. The molecule has 0 unspecified atom stereocenters. The van der Waals surface area contributed by atoms with Crippen LogP contribution in [-0.4, -0.2) is 48.5 Å². The SMILES string of the molecule is O=C(COc1ccc(Br)cc1)N1CCN(C(c2ccccc2)c2ccccc2)CC1. The first-order chi connectivity index (χ1) is 14.7. The van der Waals surface area contributed by atoms with Crippen LogP contribution in [0.3, 0.4) is 0 Å². The van der Waals surface area contributed by atoms with Crippen LogP contribution in [0.1, 0.15) is 17.2 Å². The monoisotopic (exact) mass is 464 g/mol. The Labute approximate surface area is 186 Å². The van der Waals surface area contributed by atoms with E-state index in [1.807, 2.05) is 41.3 Å². The first-order valence-corrected chi connectivity index (χ1v) is 11.0. The number of halogens is 1. The van der Waals surface area contributed by atoms with Crippen LogP contribution in [0.5, 0.6) is 5.75 Å². The Morgan fingerprint density at radius 1 is 0.800 bits per heavy atom.